The molecule has 4 rings (SSSR count). The van der Waals surface area contributed by atoms with Gasteiger partial charge in [-0.05, 0) is 82.7 Å². The Balaban J connectivity index is 1.84. The number of hydrogen-bond acceptors (Lipinski definition) is 4. The number of nitrogens with two attached hydrogens (primary N) is 1. The number of hydrogen-bond donors (Lipinski definition) is 3. The monoisotopic (exact) mass is 569 g/mol. The Kier molecular flexibility index (Phi) is 9.55. The number of nitrogens with zero attached hydrogens (tertiary/aromatic N) is 2. The van der Waals surface area contributed by atoms with Crippen molar-refractivity contribution in [3.8, 4) is 0 Å². The largest absolute Gasteiger partial charge is 0.383 e. The summed E-state index contributed by atoms with van der Waals surface area (Å²) in [7, 11) is 0. The van der Waals surface area contributed by atoms with Gasteiger partial charge in [-0.3, -0.25) is 14.5 Å². The van der Waals surface area contributed by atoms with E-state index in [1.54, 1.807) is 11.0 Å². The van der Waals surface area contributed by atoms with E-state index in [4.69, 9.17) is 5.73 Å². The summed E-state index contributed by atoms with van der Waals surface area (Å²) in [6, 6.07) is 25.4. The number of carbonyl (C=O) groups is 3. The van der Waals surface area contributed by atoms with Crippen molar-refractivity contribution < 1.29 is 14.4 Å². The molecule has 3 atom stereocenters. The molecule has 1 aliphatic heterocycles. The molecule has 0 saturated carbocycles. The fourth-order valence-electron chi connectivity index (χ4n) is 5.75. The minimum atomic E-state index is -0.918. The van der Waals surface area contributed by atoms with Gasteiger partial charge in [-0.25, -0.2) is 4.79 Å². The Morgan fingerprint density at radius 2 is 1.55 bits per heavy atom. The predicted octanol–water partition coefficient (Wildman–Crippen LogP) is 5.82. The van der Waals surface area contributed by atoms with E-state index in [0.29, 0.717) is 18.5 Å². The first kappa shape index (κ1) is 30.6. The lowest BCUT2D eigenvalue weighted by Crippen LogP contribution is -2.55. The molecular formula is C34H43N5O3. The second-order valence-electron chi connectivity index (χ2n) is 12.3. The van der Waals surface area contributed by atoms with E-state index in [9.17, 15) is 14.4 Å². The van der Waals surface area contributed by atoms with Crippen molar-refractivity contribution in [2.24, 2.45) is 5.73 Å². The summed E-state index contributed by atoms with van der Waals surface area (Å²) < 4.78 is 0. The number of anilines is 2. The predicted molar refractivity (Wildman–Crippen MR) is 168 cm³/mol. The van der Waals surface area contributed by atoms with Crippen LogP contribution in [0.4, 0.5) is 16.2 Å². The summed E-state index contributed by atoms with van der Waals surface area (Å²) in [5.74, 6) is -0.658. The lowest BCUT2D eigenvalue weighted by molar-refractivity contribution is -0.139. The Labute approximate surface area is 249 Å². The van der Waals surface area contributed by atoms with Crippen LogP contribution in [-0.2, 0) is 9.59 Å². The number of amides is 4. The molecule has 0 bridgehead atoms. The second-order valence-corrected chi connectivity index (χ2v) is 12.3. The maximum Gasteiger partial charge on any atom is 0.320 e. The average Bonchev–Trinajstić information content (AvgIpc) is 3.05. The zero-order chi connectivity index (χ0) is 30.4. The first-order chi connectivity index (χ1) is 19.9. The first-order valence-corrected chi connectivity index (χ1v) is 14.6. The molecule has 8 heteroatoms. The summed E-state index contributed by atoms with van der Waals surface area (Å²) in [5.41, 5.74) is 8.91. The number of carbonyl (C=O) groups excluding carboxylic acids is 3. The fourth-order valence-corrected chi connectivity index (χ4v) is 5.75. The SMILES string of the molecule is CC(C)Nc1cccc(N(C(N)=O)C2CC(c3ccccc3)CC(c3ccccc3)N(CC(=O)NC(C)(C)C)C2=O)c1. The molecule has 0 aromatic heterocycles. The standard InChI is InChI=1S/C34H43N5O3/c1-23(2)36-27-17-12-18-28(21-27)39(33(35)42)30-20-26(24-13-8-6-9-14-24)19-29(25-15-10-7-11-16-25)38(32(30)41)22-31(40)37-34(3,4)5/h6-18,21,23,26,29-30,36H,19-20,22H2,1-5H3,(H2,35,42)(H,37,40). The number of urea groups is 1. The Hall–Kier alpha value is -4.33. The average molecular weight is 570 g/mol. The topological polar surface area (TPSA) is 108 Å². The lowest BCUT2D eigenvalue weighted by Gasteiger charge is -2.35. The van der Waals surface area contributed by atoms with E-state index in [1.165, 1.54) is 4.90 Å². The Morgan fingerprint density at radius 3 is 2.12 bits per heavy atom. The highest BCUT2D eigenvalue weighted by atomic mass is 16.2. The van der Waals surface area contributed by atoms with Crippen molar-refractivity contribution in [2.45, 2.75) is 77.0 Å². The van der Waals surface area contributed by atoms with Crippen molar-refractivity contribution in [2.75, 3.05) is 16.8 Å². The zero-order valence-electron chi connectivity index (χ0n) is 25.2. The molecule has 1 heterocycles. The summed E-state index contributed by atoms with van der Waals surface area (Å²) >= 11 is 0. The van der Waals surface area contributed by atoms with Crippen LogP contribution in [0.1, 0.15) is 70.5 Å². The van der Waals surface area contributed by atoms with Crippen LogP contribution in [0.3, 0.4) is 0 Å². The summed E-state index contributed by atoms with van der Waals surface area (Å²) in [4.78, 5) is 44.2. The Morgan fingerprint density at radius 1 is 0.929 bits per heavy atom. The van der Waals surface area contributed by atoms with Crippen LogP contribution >= 0.6 is 0 Å². The van der Waals surface area contributed by atoms with Crippen LogP contribution in [0.2, 0.25) is 0 Å². The number of likely N-dealkylation sites (tertiary alicyclic amines) is 1. The quantitative estimate of drug-likeness (QED) is 0.318. The van der Waals surface area contributed by atoms with E-state index in [-0.39, 0.29) is 36.4 Å². The molecular weight excluding hydrogens is 526 g/mol. The molecule has 3 unspecified atom stereocenters. The van der Waals surface area contributed by atoms with Gasteiger partial charge in [0.25, 0.3) is 0 Å². The van der Waals surface area contributed by atoms with Gasteiger partial charge in [0.2, 0.25) is 11.8 Å². The van der Waals surface area contributed by atoms with Crippen LogP contribution in [0, 0.1) is 0 Å². The highest BCUT2D eigenvalue weighted by Gasteiger charge is 2.43. The van der Waals surface area contributed by atoms with Gasteiger partial charge in [0.15, 0.2) is 0 Å². The first-order valence-electron chi connectivity index (χ1n) is 14.6. The van der Waals surface area contributed by atoms with E-state index in [0.717, 1.165) is 16.8 Å². The lowest BCUT2D eigenvalue weighted by atomic mass is 9.86. The maximum absolute atomic E-state index is 14.7. The van der Waals surface area contributed by atoms with E-state index in [2.05, 4.69) is 22.8 Å². The minimum absolute atomic E-state index is 0.0835. The van der Waals surface area contributed by atoms with Crippen molar-refractivity contribution >= 4 is 29.2 Å². The maximum atomic E-state index is 14.7. The van der Waals surface area contributed by atoms with E-state index in [1.807, 2.05) is 101 Å². The molecule has 1 saturated heterocycles. The molecule has 1 fully saturated rings. The molecule has 4 amide bonds. The van der Waals surface area contributed by atoms with Crippen molar-refractivity contribution in [1.82, 2.24) is 10.2 Å². The third-order valence-corrected chi connectivity index (χ3v) is 7.37. The Bertz CT molecular complexity index is 1370. The van der Waals surface area contributed by atoms with Gasteiger partial charge in [-0.2, -0.15) is 0 Å². The number of primary amides is 1. The molecule has 0 aliphatic carbocycles. The van der Waals surface area contributed by atoms with Gasteiger partial charge >= 0.3 is 6.03 Å². The van der Waals surface area contributed by atoms with Gasteiger partial charge in [0.1, 0.15) is 12.6 Å². The third kappa shape index (κ3) is 7.69. The molecule has 0 radical (unpaired) electrons. The van der Waals surface area contributed by atoms with Crippen LogP contribution in [0.5, 0.6) is 0 Å². The number of benzene rings is 3. The second kappa shape index (κ2) is 13.1. The van der Waals surface area contributed by atoms with Crippen LogP contribution in [0.15, 0.2) is 84.9 Å². The smallest absolute Gasteiger partial charge is 0.320 e. The van der Waals surface area contributed by atoms with Gasteiger partial charge in [-0.1, -0.05) is 66.7 Å². The van der Waals surface area contributed by atoms with Crippen LogP contribution < -0.4 is 21.3 Å². The molecule has 222 valence electrons. The number of nitrogens with one attached hydrogen (secondary N) is 2. The highest BCUT2D eigenvalue weighted by molar-refractivity contribution is 6.00. The van der Waals surface area contributed by atoms with Gasteiger partial charge in [0, 0.05) is 23.0 Å². The van der Waals surface area contributed by atoms with Gasteiger partial charge in [-0.15, -0.1) is 0 Å². The molecule has 1 aliphatic rings. The summed E-state index contributed by atoms with van der Waals surface area (Å²) in [6.45, 7) is 9.64. The zero-order valence-corrected chi connectivity index (χ0v) is 25.2. The molecule has 0 spiro atoms. The van der Waals surface area contributed by atoms with E-state index >= 15 is 0 Å². The van der Waals surface area contributed by atoms with Crippen molar-refractivity contribution in [1.29, 1.82) is 0 Å². The minimum Gasteiger partial charge on any atom is -0.383 e. The third-order valence-electron chi connectivity index (χ3n) is 7.37. The van der Waals surface area contributed by atoms with E-state index < -0.39 is 17.6 Å². The fraction of sp³-hybridized carbons (Fsp3) is 0.382. The summed E-state index contributed by atoms with van der Waals surface area (Å²) in [6.07, 6.45) is 0.939. The molecule has 8 nitrogen and oxygen atoms in total. The number of rotatable bonds is 8. The van der Waals surface area contributed by atoms with Crippen LogP contribution in [-0.4, -0.2) is 46.9 Å². The molecule has 42 heavy (non-hydrogen) atoms. The normalized spacial score (nSPS) is 19.2. The van der Waals surface area contributed by atoms with Crippen molar-refractivity contribution in [3.05, 3.63) is 96.1 Å². The van der Waals surface area contributed by atoms with Crippen LogP contribution in [0.25, 0.3) is 0 Å². The molecule has 3 aromatic rings. The van der Waals surface area contributed by atoms with Gasteiger partial charge in [0.05, 0.1) is 6.04 Å². The molecule has 3 aromatic carbocycles. The summed E-state index contributed by atoms with van der Waals surface area (Å²) in [5, 5.41) is 6.36. The van der Waals surface area contributed by atoms with Crippen molar-refractivity contribution in [3.63, 3.8) is 0 Å². The highest BCUT2D eigenvalue weighted by Crippen LogP contribution is 2.41. The van der Waals surface area contributed by atoms with Gasteiger partial charge < -0.3 is 21.3 Å². The molecule has 4 N–H and O–H groups in total.